The van der Waals surface area contributed by atoms with E-state index in [2.05, 4.69) is 0 Å². The van der Waals surface area contributed by atoms with Crippen molar-refractivity contribution in [1.82, 2.24) is 0 Å². The molecule has 0 saturated heterocycles. The van der Waals surface area contributed by atoms with E-state index in [1.807, 2.05) is 0 Å². The predicted molar refractivity (Wildman–Crippen MR) is 114 cm³/mol. The van der Waals surface area contributed by atoms with E-state index in [-0.39, 0.29) is 20.6 Å². The van der Waals surface area contributed by atoms with Gasteiger partial charge in [-0.2, -0.15) is 0 Å². The number of benzene rings is 3. The van der Waals surface area contributed by atoms with Crippen molar-refractivity contribution in [2.75, 3.05) is 17.7 Å². The van der Waals surface area contributed by atoms with Crippen LogP contribution >= 0.6 is 30.8 Å². The molecule has 0 aliphatic carbocycles. The van der Waals surface area contributed by atoms with E-state index >= 15 is 0 Å². The number of anilines is 1. The molecule has 0 atom stereocenters. The Morgan fingerprint density at radius 1 is 1.00 bits per heavy atom. The van der Waals surface area contributed by atoms with Crippen LogP contribution in [0.5, 0.6) is 5.75 Å². The average Bonchev–Trinajstić information content (AvgIpc) is 2.64. The molecule has 0 fully saturated rings. The van der Waals surface area contributed by atoms with Crippen LogP contribution in [0.4, 0.5) is 5.69 Å². The third-order valence-corrected chi connectivity index (χ3v) is 7.10. The molecular formula is C18H16Cl2NO6PS. The van der Waals surface area contributed by atoms with Gasteiger partial charge in [0.25, 0.3) is 10.0 Å². The largest absolute Gasteiger partial charge is 0.496 e. The summed E-state index contributed by atoms with van der Waals surface area (Å²) in [6.45, 7) is 0. The van der Waals surface area contributed by atoms with E-state index in [1.165, 1.54) is 37.4 Å². The summed E-state index contributed by atoms with van der Waals surface area (Å²) < 4.78 is 44.5. The Labute approximate surface area is 177 Å². The summed E-state index contributed by atoms with van der Waals surface area (Å²) >= 11 is 11.9. The van der Waals surface area contributed by atoms with Gasteiger partial charge in [-0.05, 0) is 30.3 Å². The number of rotatable bonds is 6. The smallest absolute Gasteiger partial charge is 0.345 e. The molecule has 0 aliphatic rings. The maximum Gasteiger partial charge on any atom is 0.345 e. The minimum atomic E-state index is -4.78. The van der Waals surface area contributed by atoms with Crippen LogP contribution in [0.1, 0.15) is 0 Å². The van der Waals surface area contributed by atoms with Crippen LogP contribution in [-0.2, 0) is 14.6 Å². The number of sulfonamides is 1. The van der Waals surface area contributed by atoms with Crippen molar-refractivity contribution < 1.29 is 27.5 Å². The highest BCUT2D eigenvalue weighted by Gasteiger charge is 2.33. The molecule has 154 valence electrons. The molecule has 0 saturated carbocycles. The zero-order valence-electron chi connectivity index (χ0n) is 15.0. The van der Waals surface area contributed by atoms with E-state index in [4.69, 9.17) is 27.9 Å². The van der Waals surface area contributed by atoms with Crippen LogP contribution in [0, 0.1) is 0 Å². The van der Waals surface area contributed by atoms with Crippen LogP contribution in [0.2, 0.25) is 10.0 Å². The zero-order valence-corrected chi connectivity index (χ0v) is 18.2. The molecule has 0 unspecified atom stereocenters. The number of nitrogens with zero attached hydrogens (tertiary/aromatic N) is 1. The molecule has 3 rings (SSSR count). The molecule has 0 spiro atoms. The number of hydrogen-bond donors (Lipinski definition) is 2. The van der Waals surface area contributed by atoms with Gasteiger partial charge in [-0.25, -0.2) is 8.42 Å². The van der Waals surface area contributed by atoms with Gasteiger partial charge in [0.1, 0.15) is 12.0 Å². The van der Waals surface area contributed by atoms with E-state index in [0.717, 1.165) is 0 Å². The van der Waals surface area contributed by atoms with Gasteiger partial charge in [0.15, 0.2) is 0 Å². The average molecular weight is 476 g/mol. The fourth-order valence-corrected chi connectivity index (χ4v) is 6.33. The molecule has 0 heterocycles. The van der Waals surface area contributed by atoms with Crippen molar-refractivity contribution in [1.29, 1.82) is 0 Å². The lowest BCUT2D eigenvalue weighted by atomic mass is 10.1. The first kappa shape index (κ1) is 21.9. The Balaban J connectivity index is 2.30. The quantitative estimate of drug-likeness (QED) is 0.509. The van der Waals surface area contributed by atoms with Crippen molar-refractivity contribution in [3.63, 3.8) is 0 Å². The summed E-state index contributed by atoms with van der Waals surface area (Å²) in [4.78, 5) is 18.9. The molecule has 0 bridgehead atoms. The van der Waals surface area contributed by atoms with Gasteiger partial charge in [0.2, 0.25) is 0 Å². The molecule has 2 N–H and O–H groups in total. The summed E-state index contributed by atoms with van der Waals surface area (Å²) in [6.07, 6.45) is -1.06. The lowest BCUT2D eigenvalue weighted by Crippen LogP contribution is -2.32. The summed E-state index contributed by atoms with van der Waals surface area (Å²) in [6, 6.07) is 13.4. The van der Waals surface area contributed by atoms with Gasteiger partial charge >= 0.3 is 7.60 Å². The first-order valence-electron chi connectivity index (χ1n) is 8.12. The maximum atomic E-state index is 13.3. The molecule has 0 aromatic heterocycles. The van der Waals surface area contributed by atoms with Crippen molar-refractivity contribution in [2.24, 2.45) is 0 Å². The fraction of sp³-hybridized carbons (Fsp3) is 0.111. The minimum Gasteiger partial charge on any atom is -0.496 e. The summed E-state index contributed by atoms with van der Waals surface area (Å²) in [5.74, 6) is 0.490. The Morgan fingerprint density at radius 2 is 1.59 bits per heavy atom. The van der Waals surface area contributed by atoms with Gasteiger partial charge < -0.3 is 14.5 Å². The zero-order chi connectivity index (χ0) is 21.4. The van der Waals surface area contributed by atoms with Gasteiger partial charge in [0, 0.05) is 20.8 Å². The van der Waals surface area contributed by atoms with E-state index < -0.39 is 23.9 Å². The van der Waals surface area contributed by atoms with Crippen LogP contribution in [0.25, 0.3) is 10.8 Å². The summed E-state index contributed by atoms with van der Waals surface area (Å²) in [5.41, 5.74) is 0.0841. The Morgan fingerprint density at radius 3 is 2.14 bits per heavy atom. The lowest BCUT2D eigenvalue weighted by molar-refractivity contribution is 0.373. The van der Waals surface area contributed by atoms with Crippen LogP contribution in [0.3, 0.4) is 0 Å². The summed E-state index contributed by atoms with van der Waals surface area (Å²) in [7, 11) is -7.72. The molecule has 0 amide bonds. The van der Waals surface area contributed by atoms with Crippen LogP contribution in [0.15, 0.2) is 59.5 Å². The summed E-state index contributed by atoms with van der Waals surface area (Å²) in [5, 5.41) is 1.18. The second-order valence-corrected chi connectivity index (χ2v) is 10.4. The third-order valence-electron chi connectivity index (χ3n) is 4.09. The number of ether oxygens (including phenoxy) is 1. The topological polar surface area (TPSA) is 104 Å². The Hall–Kier alpha value is -1.80. The number of methoxy groups -OCH3 is 1. The normalized spacial score (nSPS) is 12.2. The number of fused-ring (bicyclic) bond motifs is 1. The molecular weight excluding hydrogens is 460 g/mol. The van der Waals surface area contributed by atoms with Crippen LogP contribution < -0.4 is 9.04 Å². The molecule has 3 aromatic rings. The molecule has 7 nitrogen and oxygen atoms in total. The maximum absolute atomic E-state index is 13.3. The number of halogens is 2. The molecule has 11 heteroatoms. The van der Waals surface area contributed by atoms with Gasteiger partial charge in [-0.3, -0.25) is 8.87 Å². The highest BCUT2D eigenvalue weighted by molar-refractivity contribution is 7.93. The van der Waals surface area contributed by atoms with Crippen molar-refractivity contribution in [3.05, 3.63) is 64.6 Å². The lowest BCUT2D eigenvalue weighted by Gasteiger charge is -2.26. The standard InChI is InChI=1S/C18H16Cl2NO6PS/c1-27-18-7-6-17(15-4-2-3-5-16(15)18)21(11-28(22,23)24)29(25,26)14-9-12(19)8-13(20)10-14/h2-10H,11H2,1H3,(H2,22,23,24). The molecule has 3 aromatic carbocycles. The van der Waals surface area contributed by atoms with Crippen molar-refractivity contribution in [3.8, 4) is 5.75 Å². The Kier molecular flexibility index (Phi) is 6.15. The third kappa shape index (κ3) is 4.69. The van der Waals surface area contributed by atoms with Crippen molar-refractivity contribution >= 4 is 57.3 Å². The molecule has 0 radical (unpaired) electrons. The van der Waals surface area contributed by atoms with Crippen LogP contribution in [-0.4, -0.2) is 31.6 Å². The SMILES string of the molecule is COc1ccc(N(CP(=O)(O)O)S(=O)(=O)c2cc(Cl)cc(Cl)c2)c2ccccc12. The fourth-order valence-electron chi connectivity index (χ4n) is 2.90. The van der Waals surface area contributed by atoms with E-state index in [1.54, 1.807) is 24.3 Å². The van der Waals surface area contributed by atoms with Crippen molar-refractivity contribution in [2.45, 2.75) is 4.90 Å². The van der Waals surface area contributed by atoms with Gasteiger partial charge in [-0.1, -0.05) is 47.5 Å². The first-order chi connectivity index (χ1) is 13.5. The Bertz CT molecular complexity index is 1210. The second-order valence-electron chi connectivity index (χ2n) is 6.10. The van der Waals surface area contributed by atoms with E-state index in [9.17, 15) is 22.8 Å². The molecule has 29 heavy (non-hydrogen) atoms. The monoisotopic (exact) mass is 475 g/mol. The highest BCUT2D eigenvalue weighted by Crippen LogP contribution is 2.43. The minimum absolute atomic E-state index is 0.0757. The van der Waals surface area contributed by atoms with Gasteiger partial charge in [0.05, 0.1) is 17.7 Å². The van der Waals surface area contributed by atoms with E-state index in [0.29, 0.717) is 20.8 Å². The highest BCUT2D eigenvalue weighted by atomic mass is 35.5. The second kappa shape index (κ2) is 8.14. The molecule has 0 aliphatic heterocycles. The first-order valence-corrected chi connectivity index (χ1v) is 12.1. The van der Waals surface area contributed by atoms with Gasteiger partial charge in [-0.15, -0.1) is 0 Å². The predicted octanol–water partition coefficient (Wildman–Crippen LogP) is 4.49. The number of hydrogen-bond acceptors (Lipinski definition) is 4.